The van der Waals surface area contributed by atoms with Crippen molar-refractivity contribution >= 4 is 33.1 Å². The third-order valence-electron chi connectivity index (χ3n) is 4.56. The highest BCUT2D eigenvalue weighted by Crippen LogP contribution is 2.33. The molecule has 130 valence electrons. The molecule has 0 aliphatic heterocycles. The Morgan fingerprint density at radius 2 is 1.74 bits per heavy atom. The van der Waals surface area contributed by atoms with Gasteiger partial charge in [-0.25, -0.2) is 9.78 Å². The molecule has 4 nitrogen and oxygen atoms in total. The highest BCUT2D eigenvalue weighted by molar-refractivity contribution is 7.13. The molecule has 0 spiro atoms. The third-order valence-corrected chi connectivity index (χ3v) is 5.43. The Kier molecular flexibility index (Phi) is 3.55. The SMILES string of the molecule is O=c1oc2ccc3c(O)cccc3c2cc1-c1nc(-c2ccccc2)cs1. The van der Waals surface area contributed by atoms with Crippen molar-refractivity contribution in [2.45, 2.75) is 0 Å². The van der Waals surface area contributed by atoms with Gasteiger partial charge in [0.2, 0.25) is 0 Å². The van der Waals surface area contributed by atoms with Crippen molar-refractivity contribution in [3.63, 3.8) is 0 Å². The zero-order valence-electron chi connectivity index (χ0n) is 14.0. The van der Waals surface area contributed by atoms with Gasteiger partial charge in [-0.2, -0.15) is 0 Å². The number of benzene rings is 3. The maximum Gasteiger partial charge on any atom is 0.346 e. The number of hydrogen-bond donors (Lipinski definition) is 1. The van der Waals surface area contributed by atoms with E-state index in [0.717, 1.165) is 22.0 Å². The smallest absolute Gasteiger partial charge is 0.346 e. The second kappa shape index (κ2) is 6.07. The first-order valence-electron chi connectivity index (χ1n) is 8.40. The van der Waals surface area contributed by atoms with Gasteiger partial charge in [-0.3, -0.25) is 0 Å². The van der Waals surface area contributed by atoms with Crippen LogP contribution in [0.4, 0.5) is 0 Å². The monoisotopic (exact) mass is 371 g/mol. The van der Waals surface area contributed by atoms with Crippen molar-refractivity contribution in [3.05, 3.63) is 82.5 Å². The van der Waals surface area contributed by atoms with E-state index in [9.17, 15) is 9.90 Å². The highest BCUT2D eigenvalue weighted by Gasteiger charge is 2.14. The molecule has 0 saturated carbocycles. The zero-order valence-corrected chi connectivity index (χ0v) is 14.9. The van der Waals surface area contributed by atoms with E-state index in [0.29, 0.717) is 21.5 Å². The Balaban J connectivity index is 1.73. The molecule has 5 heteroatoms. The van der Waals surface area contributed by atoms with E-state index in [1.54, 1.807) is 30.3 Å². The fraction of sp³-hybridized carbons (Fsp3) is 0. The van der Waals surface area contributed by atoms with Gasteiger partial charge < -0.3 is 9.52 Å². The van der Waals surface area contributed by atoms with Gasteiger partial charge in [0, 0.05) is 21.7 Å². The zero-order chi connectivity index (χ0) is 18.4. The van der Waals surface area contributed by atoms with Crippen LogP contribution in [-0.4, -0.2) is 10.1 Å². The largest absolute Gasteiger partial charge is 0.507 e. The van der Waals surface area contributed by atoms with Crippen LogP contribution >= 0.6 is 11.3 Å². The molecule has 5 aromatic rings. The van der Waals surface area contributed by atoms with Crippen molar-refractivity contribution in [2.75, 3.05) is 0 Å². The fourth-order valence-corrected chi connectivity index (χ4v) is 4.06. The average Bonchev–Trinajstić information content (AvgIpc) is 3.18. The minimum absolute atomic E-state index is 0.197. The predicted octanol–water partition coefficient (Wildman–Crippen LogP) is 5.44. The van der Waals surface area contributed by atoms with Crippen LogP contribution in [0.5, 0.6) is 5.75 Å². The van der Waals surface area contributed by atoms with Gasteiger partial charge >= 0.3 is 5.63 Å². The molecule has 0 atom stereocenters. The van der Waals surface area contributed by atoms with Crippen molar-refractivity contribution < 1.29 is 9.52 Å². The highest BCUT2D eigenvalue weighted by atomic mass is 32.1. The van der Waals surface area contributed by atoms with Gasteiger partial charge in [0.05, 0.1) is 11.3 Å². The molecule has 2 heterocycles. The molecular weight excluding hydrogens is 358 g/mol. The van der Waals surface area contributed by atoms with Crippen LogP contribution in [0.15, 0.2) is 81.3 Å². The van der Waals surface area contributed by atoms with Crippen LogP contribution < -0.4 is 5.63 Å². The predicted molar refractivity (Wildman–Crippen MR) is 108 cm³/mol. The molecule has 1 N–H and O–H groups in total. The van der Waals surface area contributed by atoms with Gasteiger partial charge in [-0.15, -0.1) is 11.3 Å². The van der Waals surface area contributed by atoms with Gasteiger partial charge in [0.25, 0.3) is 0 Å². The molecule has 3 aromatic carbocycles. The summed E-state index contributed by atoms with van der Waals surface area (Å²) >= 11 is 1.41. The van der Waals surface area contributed by atoms with Gasteiger partial charge in [0.1, 0.15) is 16.3 Å². The molecule has 5 rings (SSSR count). The van der Waals surface area contributed by atoms with Crippen LogP contribution in [-0.2, 0) is 0 Å². The van der Waals surface area contributed by atoms with E-state index in [4.69, 9.17) is 4.42 Å². The van der Waals surface area contributed by atoms with Crippen LogP contribution in [0.25, 0.3) is 43.6 Å². The lowest BCUT2D eigenvalue weighted by Crippen LogP contribution is -2.02. The first kappa shape index (κ1) is 15.8. The second-order valence-corrected chi connectivity index (χ2v) is 7.06. The first-order chi connectivity index (χ1) is 13.2. The number of nitrogens with zero attached hydrogens (tertiary/aromatic N) is 1. The van der Waals surface area contributed by atoms with Crippen molar-refractivity contribution in [1.29, 1.82) is 0 Å². The number of phenols is 1. The normalized spacial score (nSPS) is 11.3. The molecule has 0 amide bonds. The van der Waals surface area contributed by atoms with Crippen LogP contribution in [0.2, 0.25) is 0 Å². The molecule has 0 saturated heterocycles. The molecule has 0 aliphatic rings. The molecule has 0 fully saturated rings. The summed E-state index contributed by atoms with van der Waals surface area (Å²) in [7, 11) is 0. The summed E-state index contributed by atoms with van der Waals surface area (Å²) in [6.07, 6.45) is 0. The Bertz CT molecular complexity index is 1350. The van der Waals surface area contributed by atoms with Crippen LogP contribution in [0.3, 0.4) is 0 Å². The maximum absolute atomic E-state index is 12.5. The Morgan fingerprint density at radius 1 is 0.889 bits per heavy atom. The average molecular weight is 371 g/mol. The van der Waals surface area contributed by atoms with E-state index in [1.807, 2.05) is 41.8 Å². The van der Waals surface area contributed by atoms with Crippen LogP contribution in [0, 0.1) is 0 Å². The van der Waals surface area contributed by atoms with Gasteiger partial charge in [0.15, 0.2) is 0 Å². The topological polar surface area (TPSA) is 63.3 Å². The number of aromatic hydroxyl groups is 1. The summed E-state index contributed by atoms with van der Waals surface area (Å²) in [6.45, 7) is 0. The van der Waals surface area contributed by atoms with Crippen molar-refractivity contribution in [1.82, 2.24) is 4.98 Å². The quantitative estimate of drug-likeness (QED) is 0.331. The summed E-state index contributed by atoms with van der Waals surface area (Å²) in [5.41, 5.74) is 2.31. The summed E-state index contributed by atoms with van der Waals surface area (Å²) in [4.78, 5) is 17.2. The minimum Gasteiger partial charge on any atom is -0.507 e. The van der Waals surface area contributed by atoms with E-state index in [-0.39, 0.29) is 5.75 Å². The Labute approximate surface area is 158 Å². The lowest BCUT2D eigenvalue weighted by Gasteiger charge is -2.05. The van der Waals surface area contributed by atoms with Crippen LogP contribution in [0.1, 0.15) is 0 Å². The molecular formula is C22H13NO3S. The molecule has 27 heavy (non-hydrogen) atoms. The number of fused-ring (bicyclic) bond motifs is 3. The van der Waals surface area contributed by atoms with Crippen molar-refractivity contribution in [3.8, 4) is 27.6 Å². The van der Waals surface area contributed by atoms with E-state index < -0.39 is 5.63 Å². The number of rotatable bonds is 2. The molecule has 0 radical (unpaired) electrons. The lowest BCUT2D eigenvalue weighted by molar-refractivity contribution is 0.481. The lowest BCUT2D eigenvalue weighted by atomic mass is 10.0. The van der Waals surface area contributed by atoms with Crippen molar-refractivity contribution in [2.24, 2.45) is 0 Å². The number of phenolic OH excluding ortho intramolecular Hbond substituents is 1. The summed E-state index contributed by atoms with van der Waals surface area (Å²) in [5, 5.41) is 15.0. The molecule has 0 aliphatic carbocycles. The number of aromatic nitrogens is 1. The summed E-state index contributed by atoms with van der Waals surface area (Å²) in [6, 6.07) is 20.4. The maximum atomic E-state index is 12.5. The van der Waals surface area contributed by atoms with Gasteiger partial charge in [-0.05, 0) is 29.7 Å². The Morgan fingerprint density at radius 3 is 2.59 bits per heavy atom. The Hall–Kier alpha value is -3.44. The van der Waals surface area contributed by atoms with Gasteiger partial charge in [-0.1, -0.05) is 42.5 Å². The fourth-order valence-electron chi connectivity index (χ4n) is 3.23. The molecule has 0 unspecified atom stereocenters. The second-order valence-electron chi connectivity index (χ2n) is 6.20. The molecule has 0 bridgehead atoms. The standard InChI is InChI=1S/C22H13NO3S/c24-19-8-4-7-14-15(19)9-10-20-16(14)11-17(22(25)26-20)21-23-18(12-27-21)13-5-2-1-3-6-13/h1-12,24H. The summed E-state index contributed by atoms with van der Waals surface area (Å²) in [5.74, 6) is 0.197. The van der Waals surface area contributed by atoms with E-state index >= 15 is 0 Å². The van der Waals surface area contributed by atoms with E-state index in [2.05, 4.69) is 4.98 Å². The first-order valence-corrected chi connectivity index (χ1v) is 9.28. The number of hydrogen-bond acceptors (Lipinski definition) is 5. The number of thiazole rings is 1. The minimum atomic E-state index is -0.420. The third kappa shape index (κ3) is 2.60. The molecule has 2 aromatic heterocycles. The van der Waals surface area contributed by atoms with E-state index in [1.165, 1.54) is 11.3 Å². The summed E-state index contributed by atoms with van der Waals surface area (Å²) < 4.78 is 5.54.